The number of ketones is 7. The van der Waals surface area contributed by atoms with Gasteiger partial charge in [0, 0.05) is 71.7 Å². The Morgan fingerprint density at radius 2 is 0.685 bits per heavy atom. The fourth-order valence-electron chi connectivity index (χ4n) is 29.4. The third-order valence-electron chi connectivity index (χ3n) is 36.3. The van der Waals surface area contributed by atoms with Crippen LogP contribution in [-0.4, -0.2) is 56.8 Å². The minimum Gasteiger partial charge on any atom is -0.481 e. The minimum atomic E-state index is -0.818. The molecular weight excluding hydrogens is 1400 g/mol. The summed E-state index contributed by atoms with van der Waals surface area (Å²) in [5, 5.41) is 10.2. The number of halogens is 1. The maximum atomic E-state index is 14.4. The number of carboxylic acids is 1. The van der Waals surface area contributed by atoms with E-state index in [-0.39, 0.29) is 197 Å². The van der Waals surface area contributed by atoms with Crippen LogP contribution in [0.25, 0.3) is 14.5 Å². The van der Waals surface area contributed by atoms with Crippen LogP contribution in [0.4, 0.5) is 0 Å². The maximum Gasteiger partial charge on any atom is 0.309 e. The molecule has 9 saturated carbocycles. The number of allylic oxidation sites excluding steroid dienone is 12. The number of carboxylic acid groups (broad SMARTS) is 1. The van der Waals surface area contributed by atoms with E-state index in [1.54, 1.807) is 0 Å². The second-order valence-electron chi connectivity index (χ2n) is 42.4. The Hall–Kier alpha value is -5.97. The number of nitrogens with zero attached hydrogens (tertiary/aromatic N) is 3. The van der Waals surface area contributed by atoms with Crippen LogP contribution < -0.4 is 0 Å². The highest BCUT2D eigenvalue weighted by Gasteiger charge is 2.75. The summed E-state index contributed by atoms with van der Waals surface area (Å²) in [4.78, 5) is 132. The average Bonchev–Trinajstić information content (AvgIpc) is 0.682. The number of carbonyl (C=O) groups excluding carboxylic acids is 8. The van der Waals surface area contributed by atoms with Crippen LogP contribution >= 0.6 is 11.6 Å². The lowest BCUT2D eigenvalue weighted by Crippen LogP contribution is -2.65. The third kappa shape index (κ3) is 12.0. The number of fused-ring (bicyclic) bond motifs is 21. The third-order valence-corrected chi connectivity index (χ3v) is 36.7. The van der Waals surface area contributed by atoms with E-state index in [4.69, 9.17) is 34.1 Å². The molecule has 0 bridgehead atoms. The zero-order valence-electron chi connectivity index (χ0n) is 72.0. The van der Waals surface area contributed by atoms with Crippen LogP contribution in [0.5, 0.6) is 0 Å². The Kier molecular flexibility index (Phi) is 22.0. The van der Waals surface area contributed by atoms with Crippen LogP contribution in [0.3, 0.4) is 0 Å². The first-order chi connectivity index (χ1) is 51.5. The first-order valence-corrected chi connectivity index (χ1v) is 41.6. The molecule has 15 aliphatic rings. The molecule has 0 saturated heterocycles. The molecule has 9 fully saturated rings. The minimum absolute atomic E-state index is 0. The molecule has 1 N–H and O–H groups in total. The topological polar surface area (TPSA) is 187 Å². The smallest absolute Gasteiger partial charge is 0.309 e. The molecule has 15 rings (SSSR count). The van der Waals surface area contributed by atoms with Gasteiger partial charge in [-0.3, -0.25) is 28.8 Å². The number of carbonyl (C=O) groups is 9. The molecule has 0 radical (unpaired) electrons. The van der Waals surface area contributed by atoms with Crippen LogP contribution in [-0.2, 0) is 43.2 Å². The van der Waals surface area contributed by atoms with E-state index in [9.17, 15) is 48.3 Å². The van der Waals surface area contributed by atoms with Gasteiger partial charge in [0.2, 0.25) is 22.3 Å². The van der Waals surface area contributed by atoms with Crippen LogP contribution in [0.2, 0.25) is 0 Å². The Labute approximate surface area is 676 Å². The van der Waals surface area contributed by atoms with Gasteiger partial charge < -0.3 is 19.5 Å². The highest BCUT2D eigenvalue weighted by Crippen LogP contribution is 2.79. The molecule has 0 aromatic carbocycles. The lowest BCUT2D eigenvalue weighted by atomic mass is 9.34. The quantitative estimate of drug-likeness (QED) is 0.205. The molecule has 111 heavy (non-hydrogen) atoms. The number of hydrogen-bond donors (Lipinski definition) is 1. The van der Waals surface area contributed by atoms with Gasteiger partial charge in [-0.15, -0.1) is 0 Å². The van der Waals surface area contributed by atoms with Crippen molar-refractivity contribution in [1.29, 1.82) is 0 Å². The SMILES string of the molecule is C.C.[3H]C.[3H]C.[C-]#[N+]C1=C[C@]2(C)C3=CC(=O)[C@@H]4[C@@H]5CC(C)(C)CC[C@]5(C(=O)CCC)CC[C@@]4(C)[C@]3(C)CC[C@H]2[C@H](C)C1=O.[C-]#[N+]C1=C[C@]2(C)C3=CC(=O)[C@@H]4[C@@H]5CC(C)(C)CC[C@]5(C(=O)Cl)CC[C@@]4(C)[C@]3(C)CC[C@H]2[C@H](C)C1=O.[C-]#[N+]C1=C[C@]2(C)C3=CC(=O)[C@@H]4[C@@H]5CC(C)(C)CC[C@]5(C(=O)O)CC[C@@]4(C)[C@]3(C)CC[C@H]2[C@H](C)C1=O. The standard InChI is InChI=1S/C33H45NO3.C30H38ClNO3.C30H39NO4.4CH4/c1-9-10-26(36)33-15-13-29(3,4)18-22(33)27-24(35)17-25-30(5)19-23(34-8)28(37)20(2)21(30)11-12-31(25,6)32(27,7)14-16-33;1-17-18-8-9-28(5)22(27(18,4)16-20(32-7)24(17)34)14-21(33)23-19-15-26(2,3)10-12-30(19,25(31)35)13-11-29(23,28)6;1-17-18-8-9-28(5)22(27(18,4)16-20(31-7)24(17)33)14-21(32)23-19-15-26(2,3)10-12-30(19,25(34)35)13-11-29(23,28)6;;;;/h17,19-22,27H,9-16,18H2,1-7H3;14,16-19,23H,8-13,15H2,1-6H3;14,16-19,23H,8-13,15H2,1-6H3,(H,34,35);4*1H4/t20-,21-,22-,27-,30-,31+,32+,33-;2*17-,18-,19-,23-,27-,28+,29+,30-;;;;/m000..../s1/i;;;2*1T;;. The molecule has 0 aliphatic heterocycles. The molecule has 0 unspecified atom stereocenters. The summed E-state index contributed by atoms with van der Waals surface area (Å²) in [6, 6.07) is 0. The van der Waals surface area contributed by atoms with Crippen molar-refractivity contribution >= 4 is 63.3 Å². The van der Waals surface area contributed by atoms with E-state index in [1.165, 1.54) is 14.8 Å². The number of Topliss-reactive ketones (excluding diaryl/α,β-unsaturated/α-hetero) is 4. The molecule has 13 nitrogen and oxygen atoms in total. The van der Waals surface area contributed by atoms with Crippen LogP contribution in [0, 0.1) is 172 Å². The fraction of sp³-hybridized carbons (Fsp3) is 0.753. The van der Waals surface area contributed by atoms with Crippen LogP contribution in [0.15, 0.2) is 70.3 Å². The van der Waals surface area contributed by atoms with Crippen molar-refractivity contribution in [2.75, 3.05) is 0 Å². The lowest BCUT2D eigenvalue weighted by Gasteiger charge is -2.68. The van der Waals surface area contributed by atoms with E-state index in [1.807, 2.05) is 57.2 Å². The van der Waals surface area contributed by atoms with Gasteiger partial charge in [0.15, 0.2) is 34.7 Å². The van der Waals surface area contributed by atoms with Crippen molar-refractivity contribution in [3.63, 3.8) is 0 Å². The summed E-state index contributed by atoms with van der Waals surface area (Å²) >= 11 is 6.35. The van der Waals surface area contributed by atoms with Gasteiger partial charge in [0.25, 0.3) is 0 Å². The summed E-state index contributed by atoms with van der Waals surface area (Å²) in [7, 11) is 2.50. The summed E-state index contributed by atoms with van der Waals surface area (Å²) in [5.74, 6) is -1.40. The van der Waals surface area contributed by atoms with Crippen molar-refractivity contribution in [3.05, 3.63) is 105 Å². The van der Waals surface area contributed by atoms with E-state index in [0.717, 1.165) is 145 Å². The summed E-state index contributed by atoms with van der Waals surface area (Å²) in [6.45, 7) is 64.7. The van der Waals surface area contributed by atoms with Gasteiger partial charge in [-0.25, -0.2) is 14.5 Å². The Bertz CT molecular complexity index is 4140. The molecule has 608 valence electrons. The normalized spacial score (nSPS) is 46.0. The van der Waals surface area contributed by atoms with E-state index in [0.29, 0.717) is 25.0 Å². The lowest BCUT2D eigenvalue weighted by molar-refractivity contribution is -0.188. The Morgan fingerprint density at radius 3 is 0.973 bits per heavy atom. The highest BCUT2D eigenvalue weighted by molar-refractivity contribution is 6.64. The molecule has 14 heteroatoms. The average molecular weight is 1550 g/mol. The van der Waals surface area contributed by atoms with Gasteiger partial charge >= 0.3 is 5.97 Å². The summed E-state index contributed by atoms with van der Waals surface area (Å²) in [6.07, 6.45) is 30.6. The number of aliphatic carboxylic acids is 1. The van der Waals surface area contributed by atoms with Crippen molar-refractivity contribution in [1.82, 2.24) is 0 Å². The zero-order valence-corrected chi connectivity index (χ0v) is 70.8. The predicted octanol–water partition coefficient (Wildman–Crippen LogP) is 23.3. The van der Waals surface area contributed by atoms with Crippen molar-refractivity contribution in [2.24, 2.45) is 152 Å². The summed E-state index contributed by atoms with van der Waals surface area (Å²) < 4.78 is 11.5. The Balaban J connectivity index is 0.000000188. The maximum absolute atomic E-state index is 14.4. The first-order valence-electron chi connectivity index (χ1n) is 43.2. The molecule has 0 spiro atoms. The van der Waals surface area contributed by atoms with Gasteiger partial charge in [-0.2, -0.15) is 0 Å². The molecule has 0 amide bonds. The first kappa shape index (κ1) is 85.9. The van der Waals surface area contributed by atoms with E-state index >= 15 is 0 Å². The molecule has 0 heterocycles. The van der Waals surface area contributed by atoms with Crippen molar-refractivity contribution in [3.8, 4) is 0 Å². The van der Waals surface area contributed by atoms with Gasteiger partial charge in [-0.1, -0.05) is 196 Å². The monoisotopic (exact) mass is 1540 g/mol. The van der Waals surface area contributed by atoms with Crippen molar-refractivity contribution < 1.29 is 51.0 Å². The predicted molar refractivity (Wildman–Crippen MR) is 441 cm³/mol. The highest BCUT2D eigenvalue weighted by atomic mass is 35.5. The van der Waals surface area contributed by atoms with Gasteiger partial charge in [0.05, 0.1) is 25.1 Å². The van der Waals surface area contributed by atoms with Gasteiger partial charge in [0.1, 0.15) is 5.78 Å². The summed E-state index contributed by atoms with van der Waals surface area (Å²) in [5.41, 5.74) is -0.728. The largest absolute Gasteiger partial charge is 0.481 e. The van der Waals surface area contributed by atoms with Crippen molar-refractivity contribution in [2.45, 2.75) is 309 Å². The zero-order chi connectivity index (χ0) is 82.7. The van der Waals surface area contributed by atoms with Crippen LogP contribution in [0.1, 0.15) is 312 Å². The molecule has 15 aliphatic carbocycles. The second-order valence-corrected chi connectivity index (χ2v) is 42.7. The molecular formula is C97H138ClN3O10. The second kappa shape index (κ2) is 28.4. The molecule has 24 atom stereocenters. The molecule has 0 aromatic rings. The van der Waals surface area contributed by atoms with E-state index < -0.39 is 33.0 Å². The van der Waals surface area contributed by atoms with Gasteiger partial charge in [-0.05, 0) is 255 Å². The number of hydrogen-bond acceptors (Lipinski definition) is 9. The fourth-order valence-corrected chi connectivity index (χ4v) is 29.7. The van der Waals surface area contributed by atoms with E-state index in [2.05, 4.69) is 125 Å². The molecule has 0 aromatic heterocycles. The Morgan fingerprint density at radius 1 is 0.423 bits per heavy atom. The number of rotatable bonds is 5.